The van der Waals surface area contributed by atoms with Crippen LogP contribution in [-0.2, 0) is 0 Å². The number of benzene rings is 3. The summed E-state index contributed by atoms with van der Waals surface area (Å²) in [7, 11) is 0. The van der Waals surface area contributed by atoms with Gasteiger partial charge in [0.2, 0.25) is 5.82 Å². The summed E-state index contributed by atoms with van der Waals surface area (Å²) in [6, 6.07) is 15.3. The first-order valence-electron chi connectivity index (χ1n) is 16.3. The van der Waals surface area contributed by atoms with Crippen LogP contribution in [0.5, 0.6) is 5.75 Å². The van der Waals surface area contributed by atoms with E-state index >= 15 is 4.39 Å². The summed E-state index contributed by atoms with van der Waals surface area (Å²) >= 11 is 0. The zero-order valence-corrected chi connectivity index (χ0v) is 25.5. The summed E-state index contributed by atoms with van der Waals surface area (Å²) in [6.45, 7) is 6.11. The smallest absolute Gasteiger partial charge is 0.201 e. The van der Waals surface area contributed by atoms with Crippen molar-refractivity contribution in [1.82, 2.24) is 0 Å². The Balaban J connectivity index is 1.20. The van der Waals surface area contributed by atoms with Crippen LogP contribution in [0, 0.1) is 35.2 Å². The number of hydrogen-bond donors (Lipinski definition) is 0. The molecule has 3 aromatic carbocycles. The SMILES string of the molecule is C=CCCOc1ccc(-c2ccc(-c3ccc(C4=CCC(C5CCC(CCCCC)CC5)CC4)cc3F)cc2)c(F)c1F. The molecule has 1 unspecified atom stereocenters. The molecule has 4 heteroatoms. The highest BCUT2D eigenvalue weighted by atomic mass is 19.2. The average Bonchev–Trinajstić information content (AvgIpc) is 3.04. The van der Waals surface area contributed by atoms with Gasteiger partial charge in [-0.05, 0) is 96.7 Å². The van der Waals surface area contributed by atoms with Crippen LogP contribution in [0.1, 0.15) is 89.5 Å². The van der Waals surface area contributed by atoms with Gasteiger partial charge in [-0.3, -0.25) is 0 Å². The summed E-state index contributed by atoms with van der Waals surface area (Å²) in [5.74, 6) is 0.193. The van der Waals surface area contributed by atoms with E-state index in [1.165, 1.54) is 75.5 Å². The maximum Gasteiger partial charge on any atom is 0.201 e. The van der Waals surface area contributed by atoms with E-state index in [0.29, 0.717) is 23.1 Å². The predicted octanol–water partition coefficient (Wildman–Crippen LogP) is 12.0. The Kier molecular flexibility index (Phi) is 10.8. The van der Waals surface area contributed by atoms with E-state index in [2.05, 4.69) is 19.6 Å². The van der Waals surface area contributed by atoms with Gasteiger partial charge in [0.15, 0.2) is 11.6 Å². The van der Waals surface area contributed by atoms with Crippen LogP contribution in [0.15, 0.2) is 73.3 Å². The van der Waals surface area contributed by atoms with Crippen LogP contribution < -0.4 is 4.74 Å². The molecule has 1 atom stereocenters. The molecule has 0 saturated heterocycles. The van der Waals surface area contributed by atoms with Gasteiger partial charge >= 0.3 is 0 Å². The summed E-state index contributed by atoms with van der Waals surface area (Å²) in [5.41, 5.74) is 4.06. The number of allylic oxidation sites excluding steroid dienone is 2. The third kappa shape index (κ3) is 7.63. The molecule has 2 aliphatic rings. The zero-order chi connectivity index (χ0) is 30.2. The van der Waals surface area contributed by atoms with Gasteiger partial charge in [-0.2, -0.15) is 4.39 Å². The third-order valence-electron chi connectivity index (χ3n) is 9.70. The van der Waals surface area contributed by atoms with Crippen molar-refractivity contribution >= 4 is 5.57 Å². The van der Waals surface area contributed by atoms with E-state index in [1.54, 1.807) is 36.4 Å². The van der Waals surface area contributed by atoms with Crippen molar-refractivity contribution in [2.75, 3.05) is 6.61 Å². The zero-order valence-electron chi connectivity index (χ0n) is 25.5. The minimum Gasteiger partial charge on any atom is -0.490 e. The van der Waals surface area contributed by atoms with Crippen molar-refractivity contribution in [3.8, 4) is 28.0 Å². The molecule has 5 rings (SSSR count). The molecule has 0 radical (unpaired) electrons. The standard InChI is InChI=1S/C39H45F3O/c1-3-5-7-8-27-9-11-28(12-10-27)29-13-15-30(16-14-29)33-21-22-34(36(40)26-33)31-17-19-32(20-18-31)35-23-24-37(39(42)38(35)41)43-25-6-4-2/h4,15,17-24,26-29H,2-3,5-14,16,25H2,1H3. The molecule has 0 aliphatic heterocycles. The highest BCUT2D eigenvalue weighted by Gasteiger charge is 2.29. The van der Waals surface area contributed by atoms with Crippen molar-refractivity contribution < 1.29 is 17.9 Å². The molecule has 43 heavy (non-hydrogen) atoms. The summed E-state index contributed by atoms with van der Waals surface area (Å²) in [4.78, 5) is 0. The molecular formula is C39H45F3O. The van der Waals surface area contributed by atoms with Gasteiger partial charge in [0.25, 0.3) is 0 Å². The molecule has 1 fully saturated rings. The minimum atomic E-state index is -1.01. The lowest BCUT2D eigenvalue weighted by Crippen LogP contribution is -2.23. The van der Waals surface area contributed by atoms with Crippen LogP contribution in [0.3, 0.4) is 0 Å². The lowest BCUT2D eigenvalue weighted by molar-refractivity contribution is 0.187. The van der Waals surface area contributed by atoms with Gasteiger partial charge in [0.05, 0.1) is 6.61 Å². The molecule has 0 spiro atoms. The van der Waals surface area contributed by atoms with Gasteiger partial charge in [-0.15, -0.1) is 6.58 Å². The van der Waals surface area contributed by atoms with E-state index in [0.717, 1.165) is 36.2 Å². The molecule has 1 saturated carbocycles. The molecule has 3 aromatic rings. The second-order valence-electron chi connectivity index (χ2n) is 12.5. The Morgan fingerprint density at radius 3 is 2.14 bits per heavy atom. The lowest BCUT2D eigenvalue weighted by Gasteiger charge is -2.35. The summed E-state index contributed by atoms with van der Waals surface area (Å²) in [6.07, 6.45) is 18.9. The van der Waals surface area contributed by atoms with Crippen molar-refractivity contribution in [3.63, 3.8) is 0 Å². The average molecular weight is 587 g/mol. The fraction of sp³-hybridized carbons (Fsp3) is 0.436. The molecular weight excluding hydrogens is 541 g/mol. The van der Waals surface area contributed by atoms with Crippen LogP contribution in [0.25, 0.3) is 27.8 Å². The van der Waals surface area contributed by atoms with Gasteiger partial charge in [-0.25, -0.2) is 8.78 Å². The first-order chi connectivity index (χ1) is 21.0. The Bertz CT molecular complexity index is 1400. The summed E-state index contributed by atoms with van der Waals surface area (Å²) in [5, 5.41) is 0. The van der Waals surface area contributed by atoms with Gasteiger partial charge in [0, 0.05) is 11.1 Å². The fourth-order valence-electron chi connectivity index (χ4n) is 7.07. The topological polar surface area (TPSA) is 9.23 Å². The number of halogens is 3. The highest BCUT2D eigenvalue weighted by molar-refractivity contribution is 5.74. The quantitative estimate of drug-likeness (QED) is 0.151. The van der Waals surface area contributed by atoms with Crippen molar-refractivity contribution in [1.29, 1.82) is 0 Å². The lowest BCUT2D eigenvalue weighted by atomic mass is 9.70. The molecule has 228 valence electrons. The van der Waals surface area contributed by atoms with Crippen LogP contribution in [-0.4, -0.2) is 6.61 Å². The van der Waals surface area contributed by atoms with E-state index in [1.807, 2.05) is 12.1 Å². The third-order valence-corrected chi connectivity index (χ3v) is 9.70. The molecule has 0 N–H and O–H groups in total. The molecule has 0 bridgehead atoms. The van der Waals surface area contributed by atoms with E-state index in [9.17, 15) is 8.78 Å². The molecule has 0 aromatic heterocycles. The molecule has 1 nitrogen and oxygen atoms in total. The van der Waals surface area contributed by atoms with Crippen LogP contribution >= 0.6 is 0 Å². The Morgan fingerprint density at radius 2 is 1.49 bits per heavy atom. The molecule has 0 heterocycles. The minimum absolute atomic E-state index is 0.120. The first kappa shape index (κ1) is 31.2. The van der Waals surface area contributed by atoms with Crippen LogP contribution in [0.4, 0.5) is 13.2 Å². The second kappa shape index (κ2) is 14.9. The monoisotopic (exact) mass is 586 g/mol. The predicted molar refractivity (Wildman–Crippen MR) is 172 cm³/mol. The summed E-state index contributed by atoms with van der Waals surface area (Å²) < 4.78 is 50.1. The number of hydrogen-bond acceptors (Lipinski definition) is 1. The molecule has 2 aliphatic carbocycles. The Labute approximate surface area is 255 Å². The normalized spacial score (nSPS) is 20.5. The first-order valence-corrected chi connectivity index (χ1v) is 16.3. The fourth-order valence-corrected chi connectivity index (χ4v) is 7.07. The number of unbranched alkanes of at least 4 members (excludes halogenated alkanes) is 2. The van der Waals surface area contributed by atoms with Crippen molar-refractivity contribution in [2.45, 2.75) is 84.0 Å². The van der Waals surface area contributed by atoms with Crippen LogP contribution in [0.2, 0.25) is 0 Å². The van der Waals surface area contributed by atoms with E-state index in [4.69, 9.17) is 4.74 Å². The van der Waals surface area contributed by atoms with E-state index < -0.39 is 11.6 Å². The van der Waals surface area contributed by atoms with Gasteiger partial charge < -0.3 is 4.74 Å². The highest BCUT2D eigenvalue weighted by Crippen LogP contribution is 2.42. The Hall–Kier alpha value is -3.27. The van der Waals surface area contributed by atoms with Crippen molar-refractivity contribution in [2.24, 2.45) is 17.8 Å². The van der Waals surface area contributed by atoms with Crippen molar-refractivity contribution in [3.05, 3.63) is 96.3 Å². The van der Waals surface area contributed by atoms with Gasteiger partial charge in [0.1, 0.15) is 5.82 Å². The maximum absolute atomic E-state index is 15.4. The largest absolute Gasteiger partial charge is 0.490 e. The van der Waals surface area contributed by atoms with Gasteiger partial charge in [-0.1, -0.05) is 94.0 Å². The number of ether oxygens (including phenoxy) is 1. The van der Waals surface area contributed by atoms with E-state index in [-0.39, 0.29) is 23.7 Å². The second-order valence-corrected chi connectivity index (χ2v) is 12.5. The molecule has 0 amide bonds. The Morgan fingerprint density at radius 1 is 0.791 bits per heavy atom. The maximum atomic E-state index is 15.4. The number of rotatable bonds is 12.